The Hall–Kier alpha value is -2.70. The van der Waals surface area contributed by atoms with Gasteiger partial charge in [-0.05, 0) is 38.7 Å². The monoisotopic (exact) mass is 378 g/mol. The SMILES string of the molecule is Cc1nn(C)c2nc(C3CC3)cc(C(=O)Nc3ccnn3C3CCCCC3)c12. The van der Waals surface area contributed by atoms with Crippen LogP contribution in [0.15, 0.2) is 18.3 Å². The molecule has 2 aliphatic rings. The van der Waals surface area contributed by atoms with Crippen molar-refractivity contribution < 1.29 is 4.79 Å². The van der Waals surface area contributed by atoms with Crippen molar-refractivity contribution in [3.05, 3.63) is 35.3 Å². The van der Waals surface area contributed by atoms with E-state index >= 15 is 0 Å². The van der Waals surface area contributed by atoms with Gasteiger partial charge in [-0.1, -0.05) is 19.3 Å². The molecule has 0 aliphatic heterocycles. The lowest BCUT2D eigenvalue weighted by molar-refractivity contribution is 0.102. The number of amides is 1. The number of nitrogens with zero attached hydrogens (tertiary/aromatic N) is 5. The fraction of sp³-hybridized carbons (Fsp3) is 0.524. The summed E-state index contributed by atoms with van der Waals surface area (Å²) in [5.41, 5.74) is 3.28. The van der Waals surface area contributed by atoms with Gasteiger partial charge in [0.2, 0.25) is 0 Å². The van der Waals surface area contributed by atoms with Gasteiger partial charge in [-0.2, -0.15) is 10.2 Å². The van der Waals surface area contributed by atoms with Gasteiger partial charge in [-0.3, -0.25) is 9.48 Å². The zero-order valence-electron chi connectivity index (χ0n) is 16.5. The number of aromatic nitrogens is 5. The molecule has 2 fully saturated rings. The van der Waals surface area contributed by atoms with E-state index in [0.29, 0.717) is 17.5 Å². The maximum atomic E-state index is 13.3. The van der Waals surface area contributed by atoms with Gasteiger partial charge in [-0.15, -0.1) is 0 Å². The van der Waals surface area contributed by atoms with Crippen LogP contribution in [-0.4, -0.2) is 30.5 Å². The Bertz CT molecular complexity index is 1040. The number of hydrogen-bond acceptors (Lipinski definition) is 4. The van der Waals surface area contributed by atoms with Crippen molar-refractivity contribution in [1.82, 2.24) is 24.5 Å². The highest BCUT2D eigenvalue weighted by atomic mass is 16.1. The number of aryl methyl sites for hydroxylation is 2. The van der Waals surface area contributed by atoms with E-state index in [1.54, 1.807) is 10.9 Å². The molecule has 7 nitrogen and oxygen atoms in total. The van der Waals surface area contributed by atoms with Gasteiger partial charge in [0.05, 0.1) is 28.9 Å². The molecule has 2 saturated carbocycles. The normalized spacial score (nSPS) is 17.9. The van der Waals surface area contributed by atoms with Crippen molar-refractivity contribution in [2.45, 2.75) is 63.8 Å². The molecule has 3 aromatic rings. The Balaban J connectivity index is 1.51. The topological polar surface area (TPSA) is 77.6 Å². The molecule has 2 aliphatic carbocycles. The van der Waals surface area contributed by atoms with Gasteiger partial charge in [0.1, 0.15) is 5.82 Å². The van der Waals surface area contributed by atoms with Crippen LogP contribution in [0.3, 0.4) is 0 Å². The lowest BCUT2D eigenvalue weighted by Gasteiger charge is -2.24. The average molecular weight is 378 g/mol. The van der Waals surface area contributed by atoms with Gasteiger partial charge >= 0.3 is 0 Å². The number of nitrogens with one attached hydrogen (secondary N) is 1. The fourth-order valence-corrected chi connectivity index (χ4v) is 4.45. The molecule has 3 aromatic heterocycles. The Morgan fingerprint density at radius 3 is 2.71 bits per heavy atom. The van der Waals surface area contributed by atoms with Crippen LogP contribution in [0.25, 0.3) is 11.0 Å². The highest BCUT2D eigenvalue weighted by Crippen LogP contribution is 2.40. The minimum atomic E-state index is -0.108. The summed E-state index contributed by atoms with van der Waals surface area (Å²) in [5, 5.41) is 13.0. The summed E-state index contributed by atoms with van der Waals surface area (Å²) in [6.45, 7) is 1.93. The molecule has 0 radical (unpaired) electrons. The van der Waals surface area contributed by atoms with E-state index in [9.17, 15) is 4.79 Å². The predicted molar refractivity (Wildman–Crippen MR) is 108 cm³/mol. The van der Waals surface area contributed by atoms with E-state index < -0.39 is 0 Å². The molecule has 1 amide bonds. The van der Waals surface area contributed by atoms with Gasteiger partial charge in [0.25, 0.3) is 5.91 Å². The molecule has 0 spiro atoms. The summed E-state index contributed by atoms with van der Waals surface area (Å²) in [4.78, 5) is 18.1. The third-order valence-electron chi connectivity index (χ3n) is 6.06. The molecule has 28 heavy (non-hydrogen) atoms. The van der Waals surface area contributed by atoms with E-state index in [1.165, 1.54) is 19.3 Å². The lowest BCUT2D eigenvalue weighted by atomic mass is 9.96. The first-order chi connectivity index (χ1) is 13.6. The molecule has 0 bridgehead atoms. The lowest BCUT2D eigenvalue weighted by Crippen LogP contribution is -2.20. The third-order valence-corrected chi connectivity index (χ3v) is 6.06. The van der Waals surface area contributed by atoms with Crippen LogP contribution in [0.5, 0.6) is 0 Å². The molecule has 0 saturated heterocycles. The van der Waals surface area contributed by atoms with Crippen molar-refractivity contribution in [3.8, 4) is 0 Å². The fourth-order valence-electron chi connectivity index (χ4n) is 4.45. The Labute approximate surface area is 164 Å². The molecule has 146 valence electrons. The summed E-state index contributed by atoms with van der Waals surface area (Å²) in [6, 6.07) is 4.23. The molecule has 0 unspecified atom stereocenters. The van der Waals surface area contributed by atoms with Gasteiger partial charge in [0, 0.05) is 24.7 Å². The highest BCUT2D eigenvalue weighted by molar-refractivity contribution is 6.12. The first kappa shape index (κ1) is 17.4. The number of carbonyl (C=O) groups excluding carboxylic acids is 1. The second kappa shape index (κ2) is 6.72. The van der Waals surface area contributed by atoms with Crippen LogP contribution in [0.1, 0.15) is 78.7 Å². The number of pyridine rings is 1. The van der Waals surface area contributed by atoms with Crippen molar-refractivity contribution in [2.24, 2.45) is 7.05 Å². The Morgan fingerprint density at radius 2 is 1.96 bits per heavy atom. The van der Waals surface area contributed by atoms with E-state index in [4.69, 9.17) is 4.98 Å². The summed E-state index contributed by atoms with van der Waals surface area (Å²) in [7, 11) is 1.89. The number of hydrogen-bond donors (Lipinski definition) is 1. The summed E-state index contributed by atoms with van der Waals surface area (Å²) in [5.74, 6) is 1.14. The third kappa shape index (κ3) is 2.99. The standard InChI is InChI=1S/C21H26N6O/c1-13-19-16(12-17(14-8-9-14)23-20(19)26(2)25-13)21(28)24-18-10-11-22-27(18)15-6-4-3-5-7-15/h10-12,14-15H,3-9H2,1-2H3,(H,24,28). The van der Waals surface area contributed by atoms with Crippen LogP contribution >= 0.6 is 0 Å². The quantitative estimate of drug-likeness (QED) is 0.741. The largest absolute Gasteiger partial charge is 0.307 e. The molecule has 1 N–H and O–H groups in total. The molecule has 7 heteroatoms. The molecule has 0 atom stereocenters. The molecule has 5 rings (SSSR count). The van der Waals surface area contributed by atoms with Crippen LogP contribution in [0.4, 0.5) is 5.82 Å². The molecular weight excluding hydrogens is 352 g/mol. The van der Waals surface area contributed by atoms with Crippen molar-refractivity contribution in [1.29, 1.82) is 0 Å². The van der Waals surface area contributed by atoms with E-state index in [-0.39, 0.29) is 5.91 Å². The summed E-state index contributed by atoms with van der Waals surface area (Å²) < 4.78 is 3.77. The smallest absolute Gasteiger partial charge is 0.257 e. The van der Waals surface area contributed by atoms with Gasteiger partial charge < -0.3 is 5.32 Å². The molecular formula is C21H26N6O. The number of carbonyl (C=O) groups is 1. The Morgan fingerprint density at radius 1 is 1.18 bits per heavy atom. The van der Waals surface area contributed by atoms with Crippen molar-refractivity contribution in [3.63, 3.8) is 0 Å². The first-order valence-corrected chi connectivity index (χ1v) is 10.3. The van der Waals surface area contributed by atoms with Gasteiger partial charge in [0.15, 0.2) is 5.65 Å². The zero-order chi connectivity index (χ0) is 19.3. The van der Waals surface area contributed by atoms with E-state index in [1.807, 2.05) is 30.8 Å². The van der Waals surface area contributed by atoms with E-state index in [0.717, 1.165) is 53.9 Å². The van der Waals surface area contributed by atoms with E-state index in [2.05, 4.69) is 15.5 Å². The maximum absolute atomic E-state index is 13.3. The Kier molecular flexibility index (Phi) is 4.18. The predicted octanol–water partition coefficient (Wildman–Crippen LogP) is 4.11. The van der Waals surface area contributed by atoms with Crippen LogP contribution < -0.4 is 5.32 Å². The minimum absolute atomic E-state index is 0.108. The highest BCUT2D eigenvalue weighted by Gasteiger charge is 2.29. The summed E-state index contributed by atoms with van der Waals surface area (Å²) >= 11 is 0. The maximum Gasteiger partial charge on any atom is 0.257 e. The average Bonchev–Trinajstić information content (AvgIpc) is 3.39. The second-order valence-electron chi connectivity index (χ2n) is 8.18. The molecule has 0 aromatic carbocycles. The molecule has 3 heterocycles. The minimum Gasteiger partial charge on any atom is -0.307 e. The van der Waals surface area contributed by atoms with Crippen LogP contribution in [0.2, 0.25) is 0 Å². The first-order valence-electron chi connectivity index (χ1n) is 10.3. The van der Waals surface area contributed by atoms with Crippen LogP contribution in [0, 0.1) is 6.92 Å². The van der Waals surface area contributed by atoms with Crippen molar-refractivity contribution >= 4 is 22.8 Å². The zero-order valence-corrected chi connectivity index (χ0v) is 16.5. The van der Waals surface area contributed by atoms with Crippen LogP contribution in [-0.2, 0) is 7.05 Å². The van der Waals surface area contributed by atoms with Gasteiger partial charge in [-0.25, -0.2) is 9.67 Å². The second-order valence-corrected chi connectivity index (χ2v) is 8.18. The number of rotatable bonds is 4. The van der Waals surface area contributed by atoms with Crippen molar-refractivity contribution in [2.75, 3.05) is 5.32 Å². The summed E-state index contributed by atoms with van der Waals surface area (Å²) in [6.07, 6.45) is 10.0. The number of anilines is 1. The number of fused-ring (bicyclic) bond motifs is 1.